The summed E-state index contributed by atoms with van der Waals surface area (Å²) in [6.07, 6.45) is 7.55. The number of hydrogen-bond acceptors (Lipinski definition) is 5. The van der Waals surface area contributed by atoms with Crippen LogP contribution in [-0.4, -0.2) is 35.7 Å². The van der Waals surface area contributed by atoms with E-state index in [1.807, 2.05) is 10.8 Å². The number of hydrogen-bond donors (Lipinski definition) is 1. The number of imidazole rings is 1. The molecule has 30 heavy (non-hydrogen) atoms. The van der Waals surface area contributed by atoms with E-state index in [0.29, 0.717) is 29.0 Å². The third kappa shape index (κ3) is 3.47. The summed E-state index contributed by atoms with van der Waals surface area (Å²) < 4.78 is 11.4. The van der Waals surface area contributed by atoms with Crippen LogP contribution in [0.15, 0.2) is 57.2 Å². The molecule has 4 heterocycles. The Morgan fingerprint density at radius 3 is 2.77 bits per heavy atom. The van der Waals surface area contributed by atoms with Crippen molar-refractivity contribution in [1.82, 2.24) is 28.6 Å². The highest BCUT2D eigenvalue weighted by Crippen LogP contribution is 2.18. The smallest absolute Gasteiger partial charge is 0.332 e. The second-order valence-corrected chi connectivity index (χ2v) is 7.05. The number of aryl methyl sites for hydroxylation is 2. The van der Waals surface area contributed by atoms with E-state index in [0.717, 1.165) is 17.5 Å². The van der Waals surface area contributed by atoms with Crippen LogP contribution in [0.5, 0.6) is 0 Å². The van der Waals surface area contributed by atoms with Gasteiger partial charge in [-0.15, -0.1) is 0 Å². The Labute approximate surface area is 171 Å². The van der Waals surface area contributed by atoms with Gasteiger partial charge in [-0.2, -0.15) is 0 Å². The van der Waals surface area contributed by atoms with Gasteiger partial charge in [-0.3, -0.25) is 18.7 Å². The number of amides is 1. The third-order valence-electron chi connectivity index (χ3n) is 5.06. The molecule has 0 aromatic carbocycles. The van der Waals surface area contributed by atoms with E-state index in [2.05, 4.69) is 10.3 Å². The first kappa shape index (κ1) is 19.5. The highest BCUT2D eigenvalue weighted by atomic mass is 16.3. The second-order valence-electron chi connectivity index (χ2n) is 7.05. The molecular weight excluding hydrogens is 388 g/mol. The van der Waals surface area contributed by atoms with Gasteiger partial charge in [-0.05, 0) is 24.6 Å². The van der Waals surface area contributed by atoms with Crippen molar-refractivity contribution in [1.29, 1.82) is 0 Å². The molecule has 0 bridgehead atoms. The van der Waals surface area contributed by atoms with Crippen molar-refractivity contribution in [2.24, 2.45) is 14.1 Å². The minimum absolute atomic E-state index is 0.217. The summed E-state index contributed by atoms with van der Waals surface area (Å²) in [7, 11) is 3.00. The van der Waals surface area contributed by atoms with E-state index < -0.39 is 11.2 Å². The zero-order chi connectivity index (χ0) is 21.3. The summed E-state index contributed by atoms with van der Waals surface area (Å²) in [5.41, 5.74) is -0.232. The Kier molecular flexibility index (Phi) is 5.13. The van der Waals surface area contributed by atoms with Gasteiger partial charge in [0.15, 0.2) is 0 Å². The maximum atomic E-state index is 12.9. The molecule has 10 nitrogen and oxygen atoms in total. The van der Waals surface area contributed by atoms with E-state index in [9.17, 15) is 14.4 Å². The zero-order valence-electron chi connectivity index (χ0n) is 16.7. The van der Waals surface area contributed by atoms with E-state index in [1.54, 1.807) is 36.3 Å². The van der Waals surface area contributed by atoms with E-state index in [-0.39, 0.29) is 12.5 Å². The fourth-order valence-electron chi connectivity index (χ4n) is 3.52. The van der Waals surface area contributed by atoms with Gasteiger partial charge in [0, 0.05) is 39.6 Å². The van der Waals surface area contributed by atoms with Gasteiger partial charge in [-0.1, -0.05) is 0 Å². The highest BCUT2D eigenvalue weighted by Gasteiger charge is 2.21. The number of aromatic nitrogens is 5. The standard InChI is InChI=1S/C20H22N6O4/c1-23-18-15(19(28)24(2)20(23)29)11-16(26(18)12-14-5-3-10-30-14)17(27)22-6-4-8-25-9-7-21-13-25/h3,5,7,9-11,13H,4,6,8,12H2,1-2H3,(H,22,27). The Hall–Kier alpha value is -3.82. The van der Waals surface area contributed by atoms with Gasteiger partial charge in [0.1, 0.15) is 17.1 Å². The average Bonchev–Trinajstić information content (AvgIpc) is 3.49. The summed E-state index contributed by atoms with van der Waals surface area (Å²) in [5, 5.41) is 3.19. The first-order chi connectivity index (χ1) is 14.5. The molecule has 0 unspecified atom stereocenters. The molecule has 0 radical (unpaired) electrons. The SMILES string of the molecule is Cn1c(=O)c2cc(C(=O)NCCCn3ccnc3)n(Cc3ccco3)c2n(C)c1=O. The van der Waals surface area contributed by atoms with Crippen LogP contribution in [0.25, 0.3) is 11.0 Å². The Morgan fingerprint density at radius 2 is 2.07 bits per heavy atom. The third-order valence-corrected chi connectivity index (χ3v) is 5.06. The van der Waals surface area contributed by atoms with Gasteiger partial charge in [0.2, 0.25) is 0 Å². The number of rotatable bonds is 7. The van der Waals surface area contributed by atoms with E-state index in [1.165, 1.54) is 23.9 Å². The topological polar surface area (TPSA) is 109 Å². The van der Waals surface area contributed by atoms with E-state index in [4.69, 9.17) is 4.42 Å². The van der Waals surface area contributed by atoms with Crippen molar-refractivity contribution in [3.05, 3.63) is 75.5 Å². The molecule has 0 spiro atoms. The minimum Gasteiger partial charge on any atom is -0.467 e. The lowest BCUT2D eigenvalue weighted by Gasteiger charge is -2.12. The molecule has 0 saturated carbocycles. The lowest BCUT2D eigenvalue weighted by molar-refractivity contribution is 0.0944. The Morgan fingerprint density at radius 1 is 1.23 bits per heavy atom. The van der Waals surface area contributed by atoms with Gasteiger partial charge in [-0.25, -0.2) is 9.78 Å². The van der Waals surface area contributed by atoms with Crippen LogP contribution >= 0.6 is 0 Å². The van der Waals surface area contributed by atoms with Crippen LogP contribution in [-0.2, 0) is 27.2 Å². The van der Waals surface area contributed by atoms with Crippen molar-refractivity contribution in [3.63, 3.8) is 0 Å². The van der Waals surface area contributed by atoms with Crippen molar-refractivity contribution >= 4 is 16.9 Å². The first-order valence-electron chi connectivity index (χ1n) is 9.53. The molecular formula is C20H22N6O4. The van der Waals surface area contributed by atoms with Crippen LogP contribution in [0.1, 0.15) is 22.7 Å². The predicted molar refractivity (Wildman–Crippen MR) is 109 cm³/mol. The molecule has 4 aromatic heterocycles. The summed E-state index contributed by atoms with van der Waals surface area (Å²) in [4.78, 5) is 42.0. The molecule has 1 amide bonds. The highest BCUT2D eigenvalue weighted by molar-refractivity contribution is 5.97. The molecule has 0 atom stereocenters. The number of carbonyl (C=O) groups excluding carboxylic acids is 1. The summed E-state index contributed by atoms with van der Waals surface area (Å²) >= 11 is 0. The fraction of sp³-hybridized carbons (Fsp3) is 0.300. The molecule has 0 aliphatic heterocycles. The van der Waals surface area contributed by atoms with Crippen molar-refractivity contribution in [3.8, 4) is 0 Å². The van der Waals surface area contributed by atoms with Gasteiger partial charge in [0.05, 0.1) is 24.5 Å². The molecule has 156 valence electrons. The Balaban J connectivity index is 1.68. The maximum Gasteiger partial charge on any atom is 0.332 e. The number of carbonyl (C=O) groups is 1. The van der Waals surface area contributed by atoms with Crippen molar-refractivity contribution in [2.75, 3.05) is 6.54 Å². The second kappa shape index (κ2) is 7.90. The largest absolute Gasteiger partial charge is 0.467 e. The van der Waals surface area contributed by atoms with Crippen molar-refractivity contribution in [2.45, 2.75) is 19.5 Å². The maximum absolute atomic E-state index is 12.9. The summed E-state index contributed by atoms with van der Waals surface area (Å²) in [6, 6.07) is 5.05. The number of nitrogens with zero attached hydrogens (tertiary/aromatic N) is 5. The molecule has 0 aliphatic rings. The van der Waals surface area contributed by atoms with Gasteiger partial charge < -0.3 is 18.9 Å². The molecule has 0 aliphatic carbocycles. The number of nitrogens with one attached hydrogen (secondary N) is 1. The van der Waals surface area contributed by atoms with Gasteiger partial charge in [0.25, 0.3) is 11.5 Å². The number of fused-ring (bicyclic) bond motifs is 1. The summed E-state index contributed by atoms with van der Waals surface area (Å²) in [6.45, 7) is 1.40. The van der Waals surface area contributed by atoms with Crippen LogP contribution in [0, 0.1) is 0 Å². The molecule has 0 fully saturated rings. The number of furan rings is 1. The van der Waals surface area contributed by atoms with E-state index >= 15 is 0 Å². The predicted octanol–water partition coefficient (Wildman–Crippen LogP) is 0.697. The fourth-order valence-corrected chi connectivity index (χ4v) is 3.52. The lowest BCUT2D eigenvalue weighted by atomic mass is 10.3. The van der Waals surface area contributed by atoms with Crippen LogP contribution < -0.4 is 16.6 Å². The lowest BCUT2D eigenvalue weighted by Crippen LogP contribution is -2.37. The average molecular weight is 410 g/mol. The van der Waals surface area contributed by atoms with Gasteiger partial charge >= 0.3 is 5.69 Å². The molecule has 4 aromatic rings. The molecule has 0 saturated heterocycles. The van der Waals surface area contributed by atoms with Crippen LogP contribution in [0.2, 0.25) is 0 Å². The molecule has 1 N–H and O–H groups in total. The normalized spacial score (nSPS) is 11.3. The van der Waals surface area contributed by atoms with Crippen LogP contribution in [0.3, 0.4) is 0 Å². The first-order valence-corrected chi connectivity index (χ1v) is 9.53. The molecule has 10 heteroatoms. The minimum atomic E-state index is -0.460. The quantitative estimate of drug-likeness (QED) is 0.451. The zero-order valence-corrected chi connectivity index (χ0v) is 16.7. The molecule has 4 rings (SSSR count). The summed E-state index contributed by atoms with van der Waals surface area (Å²) in [5.74, 6) is 0.285. The van der Waals surface area contributed by atoms with Crippen molar-refractivity contribution < 1.29 is 9.21 Å². The van der Waals surface area contributed by atoms with Crippen LogP contribution in [0.4, 0.5) is 0 Å². The monoisotopic (exact) mass is 410 g/mol. The Bertz CT molecular complexity index is 1290.